The van der Waals surface area contributed by atoms with Crippen molar-refractivity contribution in [3.63, 3.8) is 0 Å². The normalized spacial score (nSPS) is 18.9. The van der Waals surface area contributed by atoms with Crippen LogP contribution in [0.4, 0.5) is 52.7 Å². The molecule has 0 saturated heterocycles. The monoisotopic (exact) mass is 1170 g/mol. The molecule has 0 N–H and O–H groups in total. The number of ether oxygens (including phenoxy) is 3. The van der Waals surface area contributed by atoms with Crippen LogP contribution in [0.25, 0.3) is 0 Å². The molecule has 0 radical (unpaired) electrons. The van der Waals surface area contributed by atoms with Crippen LogP contribution in [0.5, 0.6) is 11.5 Å². The molecule has 6 aromatic carbocycles. The molecule has 0 aliphatic heterocycles. The highest BCUT2D eigenvalue weighted by Gasteiger charge is 2.48. The molecule has 2 aliphatic rings. The van der Waals surface area contributed by atoms with Crippen LogP contribution in [-0.2, 0) is 47.0 Å². The van der Waals surface area contributed by atoms with Gasteiger partial charge in [-0.1, -0.05) is 162 Å². The van der Waals surface area contributed by atoms with E-state index < -0.39 is 106 Å². The Balaban J connectivity index is 1.18. The van der Waals surface area contributed by atoms with Crippen LogP contribution >= 0.6 is 0 Å². The van der Waals surface area contributed by atoms with E-state index in [9.17, 15) is 26.3 Å². The fraction of sp³-hybridized carbons (Fsp3) is 0.471. The van der Waals surface area contributed by atoms with Gasteiger partial charge in [-0.05, 0) is 145 Å². The standard InChI is InChI=1S/C68H74F12O3/c1-5-7-13-43-19-27-47(28-20-43)49-31-23-45(24-32-49)39-51-15-9-11-17-55(51)65(71,72)61-57(37-35-53(63(61)69)41-59(81-3)67(75,76)77)83-58-38-36-54(42-60(82-4)68(78,79)80)64(70)62(58)66(73,74)56-18-12-10-16-52(56)40-46-25-33-50(34-26-46)48-29-21-44(22-30-48)14-8-6-2/h9-12,15-18,23-26,31-38,43-44,47-48,59-60H,5-8,13-14,19-22,27-30,39-42H2,1-4H3. The fourth-order valence-corrected chi connectivity index (χ4v) is 12.5. The van der Waals surface area contributed by atoms with E-state index in [-0.39, 0.29) is 24.0 Å². The van der Waals surface area contributed by atoms with Crippen LogP contribution in [-0.4, -0.2) is 38.8 Å². The lowest BCUT2D eigenvalue weighted by atomic mass is 9.77. The average Bonchev–Trinajstić information content (AvgIpc) is 3.43. The Morgan fingerprint density at radius 1 is 0.434 bits per heavy atom. The number of alkyl halides is 10. The summed E-state index contributed by atoms with van der Waals surface area (Å²) in [5.41, 5.74) is -3.28. The van der Waals surface area contributed by atoms with E-state index in [4.69, 9.17) is 4.74 Å². The zero-order valence-electron chi connectivity index (χ0n) is 47.5. The third-order valence-corrected chi connectivity index (χ3v) is 17.4. The second kappa shape index (κ2) is 27.5. The number of benzene rings is 6. The summed E-state index contributed by atoms with van der Waals surface area (Å²) in [6.45, 7) is 4.35. The van der Waals surface area contributed by atoms with Crippen molar-refractivity contribution in [2.45, 2.75) is 178 Å². The third-order valence-electron chi connectivity index (χ3n) is 17.4. The van der Waals surface area contributed by atoms with Crippen molar-refractivity contribution in [3.8, 4) is 11.5 Å². The predicted molar refractivity (Wildman–Crippen MR) is 300 cm³/mol. The smallest absolute Gasteiger partial charge is 0.414 e. The molecule has 0 amide bonds. The number of hydrogen-bond acceptors (Lipinski definition) is 3. The molecule has 2 unspecified atom stereocenters. The van der Waals surface area contributed by atoms with Gasteiger partial charge < -0.3 is 14.2 Å². The van der Waals surface area contributed by atoms with Crippen LogP contribution in [0.2, 0.25) is 0 Å². The van der Waals surface area contributed by atoms with Gasteiger partial charge in [-0.3, -0.25) is 0 Å². The largest absolute Gasteiger partial charge is 0.456 e. The minimum Gasteiger partial charge on any atom is -0.456 e. The van der Waals surface area contributed by atoms with Gasteiger partial charge in [0.05, 0.1) is 0 Å². The molecule has 2 fully saturated rings. The summed E-state index contributed by atoms with van der Waals surface area (Å²) in [6, 6.07) is 28.2. The molecule has 0 bridgehead atoms. The minimum atomic E-state index is -5.09. The first-order valence-electron chi connectivity index (χ1n) is 29.2. The summed E-state index contributed by atoms with van der Waals surface area (Å²) in [6.07, 6.45) is -2.71. The fourth-order valence-electron chi connectivity index (χ4n) is 12.5. The maximum atomic E-state index is 17.9. The second-order valence-electron chi connectivity index (χ2n) is 22.9. The van der Waals surface area contributed by atoms with E-state index in [0.29, 0.717) is 73.3 Å². The molecular weight excluding hydrogens is 1090 g/mol. The lowest BCUT2D eigenvalue weighted by molar-refractivity contribution is -0.212. The van der Waals surface area contributed by atoms with Crippen molar-refractivity contribution < 1.29 is 66.9 Å². The molecule has 0 spiro atoms. The number of methoxy groups -OCH3 is 2. The second-order valence-corrected chi connectivity index (χ2v) is 22.9. The Bertz CT molecular complexity index is 2840. The number of rotatable bonds is 24. The van der Waals surface area contributed by atoms with Crippen LogP contribution in [0.15, 0.2) is 121 Å². The Hall–Kier alpha value is -5.80. The average molecular weight is 1170 g/mol. The Labute approximate surface area is 480 Å². The van der Waals surface area contributed by atoms with Gasteiger partial charge in [0.25, 0.3) is 0 Å². The molecule has 2 aliphatic carbocycles. The van der Waals surface area contributed by atoms with Crippen LogP contribution in [0.1, 0.15) is 182 Å². The Kier molecular flexibility index (Phi) is 20.9. The number of unbranched alkanes of at least 4 members (excludes halogenated alkanes) is 2. The zero-order valence-corrected chi connectivity index (χ0v) is 47.5. The van der Waals surface area contributed by atoms with Gasteiger partial charge in [-0.15, -0.1) is 0 Å². The summed E-state index contributed by atoms with van der Waals surface area (Å²) in [5.74, 6) is -13.1. The first-order chi connectivity index (χ1) is 39.6. The van der Waals surface area contributed by atoms with E-state index in [0.717, 1.165) is 87.5 Å². The molecule has 2 atom stereocenters. The van der Waals surface area contributed by atoms with Gasteiger partial charge >= 0.3 is 24.2 Å². The molecule has 8 rings (SSSR count). The quantitative estimate of drug-likeness (QED) is 0.0565. The van der Waals surface area contributed by atoms with Crippen molar-refractivity contribution in [1.29, 1.82) is 0 Å². The summed E-state index contributed by atoms with van der Waals surface area (Å²) >= 11 is 0. The topological polar surface area (TPSA) is 27.7 Å². The summed E-state index contributed by atoms with van der Waals surface area (Å²) in [7, 11) is 1.42. The van der Waals surface area contributed by atoms with Crippen molar-refractivity contribution in [2.24, 2.45) is 11.8 Å². The molecule has 3 nitrogen and oxygen atoms in total. The van der Waals surface area contributed by atoms with E-state index in [2.05, 4.69) is 23.3 Å². The first kappa shape index (κ1) is 63.2. The molecule has 15 heteroatoms. The molecular formula is C68H74F12O3. The maximum Gasteiger partial charge on any atom is 0.414 e. The summed E-state index contributed by atoms with van der Waals surface area (Å²) < 4.78 is 206. The van der Waals surface area contributed by atoms with Gasteiger partial charge in [0.2, 0.25) is 0 Å². The van der Waals surface area contributed by atoms with Crippen molar-refractivity contribution >= 4 is 0 Å². The molecule has 0 aromatic heterocycles. The summed E-state index contributed by atoms with van der Waals surface area (Å²) in [4.78, 5) is 0. The Morgan fingerprint density at radius 2 is 0.783 bits per heavy atom. The van der Waals surface area contributed by atoms with Crippen LogP contribution in [0, 0.1) is 23.5 Å². The number of hydrogen-bond donors (Lipinski definition) is 0. The minimum absolute atomic E-state index is 0.0151. The first-order valence-corrected chi connectivity index (χ1v) is 29.2. The lowest BCUT2D eigenvalue weighted by Crippen LogP contribution is -2.33. The molecule has 0 heterocycles. The van der Waals surface area contributed by atoms with Gasteiger partial charge in [0.1, 0.15) is 34.3 Å². The van der Waals surface area contributed by atoms with Crippen molar-refractivity contribution in [1.82, 2.24) is 0 Å². The van der Waals surface area contributed by atoms with Gasteiger partial charge in [-0.2, -0.15) is 43.9 Å². The number of halogens is 12. The SMILES string of the molecule is CCCCC1CCC(c2ccc(Cc3ccccc3C(F)(F)c3c(Oc4ccc(CC(OC)C(F)(F)F)c(F)c4C(F)(F)c4ccccc4Cc4ccc(C5CCC(CCCC)CC5)cc4)ccc(CC(OC)C(F)(F)F)c3F)cc2)CC1. The lowest BCUT2D eigenvalue weighted by Gasteiger charge is -2.29. The molecule has 448 valence electrons. The molecule has 83 heavy (non-hydrogen) atoms. The van der Waals surface area contributed by atoms with Crippen LogP contribution < -0.4 is 4.74 Å². The Morgan fingerprint density at radius 3 is 1.11 bits per heavy atom. The highest BCUT2D eigenvalue weighted by molar-refractivity contribution is 5.55. The zero-order chi connectivity index (χ0) is 59.7. The van der Waals surface area contributed by atoms with E-state index in [1.165, 1.54) is 62.1 Å². The van der Waals surface area contributed by atoms with E-state index >= 15 is 26.3 Å². The third kappa shape index (κ3) is 15.2. The van der Waals surface area contributed by atoms with Crippen molar-refractivity contribution in [3.05, 3.63) is 200 Å². The molecule has 2 saturated carbocycles. The van der Waals surface area contributed by atoms with Gasteiger partial charge in [0.15, 0.2) is 12.2 Å². The summed E-state index contributed by atoms with van der Waals surface area (Å²) in [5, 5.41) is 0. The van der Waals surface area contributed by atoms with Crippen LogP contribution in [0.3, 0.4) is 0 Å². The maximum absolute atomic E-state index is 17.9. The molecule has 6 aromatic rings. The predicted octanol–water partition coefficient (Wildman–Crippen LogP) is 20.4. The van der Waals surface area contributed by atoms with E-state index in [1.54, 1.807) is 0 Å². The highest BCUT2D eigenvalue weighted by atomic mass is 19.4. The van der Waals surface area contributed by atoms with E-state index in [1.807, 2.05) is 48.5 Å². The highest BCUT2D eigenvalue weighted by Crippen LogP contribution is 2.51. The van der Waals surface area contributed by atoms with Gasteiger partial charge in [-0.25, -0.2) is 8.78 Å². The van der Waals surface area contributed by atoms with Crippen molar-refractivity contribution in [2.75, 3.05) is 14.2 Å². The van der Waals surface area contributed by atoms with Gasteiger partial charge in [0, 0.05) is 38.2 Å².